The Morgan fingerprint density at radius 3 is 2.35 bits per heavy atom. The Hall–Kier alpha value is -2.41. The van der Waals surface area contributed by atoms with E-state index in [0.717, 1.165) is 10.5 Å². The SMILES string of the molecule is O=C(O)/C=C\C(=O)O.O=C1C=NSc2ccccc2C1. The van der Waals surface area contributed by atoms with E-state index in [1.807, 2.05) is 24.3 Å². The summed E-state index contributed by atoms with van der Waals surface area (Å²) >= 11 is 1.36. The van der Waals surface area contributed by atoms with Crippen molar-refractivity contribution in [1.29, 1.82) is 0 Å². The molecular formula is C13H11NO5S. The molecule has 0 unspecified atom stereocenters. The normalized spacial score (nSPS) is 13.1. The van der Waals surface area contributed by atoms with Crippen molar-refractivity contribution in [3.05, 3.63) is 42.0 Å². The molecule has 0 saturated heterocycles. The number of benzene rings is 1. The van der Waals surface area contributed by atoms with Gasteiger partial charge in [-0.15, -0.1) is 0 Å². The van der Waals surface area contributed by atoms with Gasteiger partial charge in [-0.1, -0.05) is 18.2 Å². The maximum atomic E-state index is 11.1. The van der Waals surface area contributed by atoms with Gasteiger partial charge in [0.15, 0.2) is 5.78 Å². The second kappa shape index (κ2) is 7.90. The third kappa shape index (κ3) is 5.96. The fourth-order valence-electron chi connectivity index (χ4n) is 1.26. The van der Waals surface area contributed by atoms with Crippen molar-refractivity contribution >= 4 is 35.9 Å². The first-order valence-electron chi connectivity index (χ1n) is 5.44. The Morgan fingerprint density at radius 2 is 1.75 bits per heavy atom. The van der Waals surface area contributed by atoms with Crippen molar-refractivity contribution in [1.82, 2.24) is 0 Å². The Kier molecular flexibility index (Phi) is 6.18. The average Bonchev–Trinajstić information content (AvgIpc) is 2.57. The van der Waals surface area contributed by atoms with Crippen LogP contribution in [0.4, 0.5) is 0 Å². The van der Waals surface area contributed by atoms with E-state index in [9.17, 15) is 14.4 Å². The zero-order valence-electron chi connectivity index (χ0n) is 10.2. The molecule has 0 aliphatic carbocycles. The van der Waals surface area contributed by atoms with Crippen LogP contribution in [0.3, 0.4) is 0 Å². The van der Waals surface area contributed by atoms with Crippen LogP contribution in [0.2, 0.25) is 0 Å². The van der Waals surface area contributed by atoms with Gasteiger partial charge in [0, 0.05) is 35.4 Å². The zero-order chi connectivity index (χ0) is 15.0. The van der Waals surface area contributed by atoms with Crippen LogP contribution >= 0.6 is 11.9 Å². The summed E-state index contributed by atoms with van der Waals surface area (Å²) in [6.07, 6.45) is 2.99. The molecule has 0 radical (unpaired) electrons. The molecule has 2 N–H and O–H groups in total. The highest BCUT2D eigenvalue weighted by atomic mass is 32.2. The van der Waals surface area contributed by atoms with Crippen LogP contribution in [0.5, 0.6) is 0 Å². The number of Topliss-reactive ketones (excluding diaryl/α,β-unsaturated/α-hetero) is 1. The molecular weight excluding hydrogens is 282 g/mol. The lowest BCUT2D eigenvalue weighted by Crippen LogP contribution is -2.01. The Morgan fingerprint density at radius 1 is 1.15 bits per heavy atom. The summed E-state index contributed by atoms with van der Waals surface area (Å²) in [4.78, 5) is 31.3. The molecule has 6 nitrogen and oxygen atoms in total. The van der Waals surface area contributed by atoms with Crippen LogP contribution in [0.1, 0.15) is 5.56 Å². The molecule has 1 aliphatic heterocycles. The topological polar surface area (TPSA) is 104 Å². The molecule has 0 fully saturated rings. The molecule has 1 heterocycles. The number of carbonyl (C=O) groups is 3. The average molecular weight is 293 g/mol. The molecule has 0 amide bonds. The van der Waals surface area contributed by atoms with Crippen LogP contribution in [0.15, 0.2) is 45.7 Å². The number of carboxylic acids is 2. The van der Waals surface area contributed by atoms with Gasteiger partial charge in [-0.3, -0.25) is 4.79 Å². The summed E-state index contributed by atoms with van der Waals surface area (Å²) in [6, 6.07) is 7.85. The van der Waals surface area contributed by atoms with Crippen molar-refractivity contribution in [2.75, 3.05) is 0 Å². The standard InChI is InChI=1S/C9H7NOS.C4H4O4/c11-8-5-7-3-1-2-4-9(7)12-10-6-8;5-3(6)1-2-4(7)8/h1-4,6H,5H2;1-2H,(H,5,6)(H,7,8)/b;2-1-. The molecule has 0 bridgehead atoms. The van der Waals surface area contributed by atoms with E-state index < -0.39 is 11.9 Å². The minimum Gasteiger partial charge on any atom is -0.478 e. The number of hydrogen-bond donors (Lipinski definition) is 2. The van der Waals surface area contributed by atoms with Crippen LogP contribution in [-0.2, 0) is 20.8 Å². The van der Waals surface area contributed by atoms with Gasteiger partial charge in [-0.25, -0.2) is 14.0 Å². The molecule has 1 aliphatic rings. The van der Waals surface area contributed by atoms with Gasteiger partial charge in [0.25, 0.3) is 0 Å². The Bertz CT molecular complexity index is 564. The number of carbonyl (C=O) groups excluding carboxylic acids is 1. The summed E-state index contributed by atoms with van der Waals surface area (Å²) in [5.74, 6) is -2.44. The van der Waals surface area contributed by atoms with Crippen molar-refractivity contribution in [2.24, 2.45) is 4.40 Å². The number of fused-ring (bicyclic) bond motifs is 1. The number of aliphatic carboxylic acids is 2. The Labute approximate surface area is 119 Å². The van der Waals surface area contributed by atoms with Gasteiger partial charge in [0.2, 0.25) is 0 Å². The summed E-state index contributed by atoms with van der Waals surface area (Å²) in [5.41, 5.74) is 1.07. The van der Waals surface area contributed by atoms with E-state index in [2.05, 4.69) is 4.40 Å². The van der Waals surface area contributed by atoms with Crippen molar-refractivity contribution in [2.45, 2.75) is 11.3 Å². The molecule has 20 heavy (non-hydrogen) atoms. The van der Waals surface area contributed by atoms with E-state index in [4.69, 9.17) is 10.2 Å². The quantitative estimate of drug-likeness (QED) is 0.634. The van der Waals surface area contributed by atoms with Crippen molar-refractivity contribution in [3.8, 4) is 0 Å². The number of hydrogen-bond acceptors (Lipinski definition) is 5. The second-order valence-electron chi connectivity index (χ2n) is 3.59. The van der Waals surface area contributed by atoms with E-state index in [1.54, 1.807) is 0 Å². The highest BCUT2D eigenvalue weighted by Crippen LogP contribution is 2.25. The minimum atomic E-state index is -1.26. The first-order valence-corrected chi connectivity index (χ1v) is 6.21. The Balaban J connectivity index is 0.000000221. The lowest BCUT2D eigenvalue weighted by Gasteiger charge is -1.99. The molecule has 0 saturated carbocycles. The first-order chi connectivity index (χ1) is 9.49. The van der Waals surface area contributed by atoms with Crippen LogP contribution < -0.4 is 0 Å². The van der Waals surface area contributed by atoms with Gasteiger partial charge < -0.3 is 10.2 Å². The smallest absolute Gasteiger partial charge is 0.328 e. The fraction of sp³-hybridized carbons (Fsp3) is 0.0769. The van der Waals surface area contributed by atoms with Crippen LogP contribution in [0.25, 0.3) is 0 Å². The lowest BCUT2D eigenvalue weighted by atomic mass is 10.1. The summed E-state index contributed by atoms with van der Waals surface area (Å²) < 4.78 is 3.94. The van der Waals surface area contributed by atoms with Gasteiger partial charge in [0.1, 0.15) is 0 Å². The summed E-state index contributed by atoms with van der Waals surface area (Å²) in [7, 11) is 0. The highest BCUT2D eigenvalue weighted by molar-refractivity contribution is 7.98. The zero-order valence-corrected chi connectivity index (χ0v) is 11.0. The van der Waals surface area contributed by atoms with Crippen LogP contribution in [-0.4, -0.2) is 34.1 Å². The molecule has 0 spiro atoms. The lowest BCUT2D eigenvalue weighted by molar-refractivity contribution is -0.134. The molecule has 2 rings (SSSR count). The maximum Gasteiger partial charge on any atom is 0.328 e. The van der Waals surface area contributed by atoms with Gasteiger partial charge in [-0.05, 0) is 11.6 Å². The van der Waals surface area contributed by atoms with Gasteiger partial charge >= 0.3 is 11.9 Å². The summed E-state index contributed by atoms with van der Waals surface area (Å²) in [6.45, 7) is 0. The molecule has 0 atom stereocenters. The van der Waals surface area contributed by atoms with Crippen molar-refractivity contribution < 1.29 is 24.6 Å². The third-order valence-corrected chi connectivity index (χ3v) is 2.86. The van der Waals surface area contributed by atoms with Gasteiger partial charge in [0.05, 0.1) is 6.21 Å². The third-order valence-electron chi connectivity index (χ3n) is 2.05. The maximum absolute atomic E-state index is 11.1. The van der Waals surface area contributed by atoms with E-state index in [1.165, 1.54) is 18.2 Å². The predicted molar refractivity (Wildman–Crippen MR) is 73.9 cm³/mol. The largest absolute Gasteiger partial charge is 0.478 e. The fourth-order valence-corrected chi connectivity index (χ4v) is 1.94. The summed E-state index contributed by atoms with van der Waals surface area (Å²) in [5, 5.41) is 15.6. The molecule has 1 aromatic rings. The number of rotatable bonds is 2. The minimum absolute atomic E-state index is 0.0763. The molecule has 0 aromatic heterocycles. The molecule has 1 aromatic carbocycles. The monoisotopic (exact) mass is 293 g/mol. The number of carboxylic acid groups (broad SMARTS) is 2. The van der Waals surface area contributed by atoms with E-state index >= 15 is 0 Å². The van der Waals surface area contributed by atoms with E-state index in [0.29, 0.717) is 18.6 Å². The van der Waals surface area contributed by atoms with Crippen LogP contribution in [0, 0.1) is 0 Å². The van der Waals surface area contributed by atoms with Gasteiger partial charge in [-0.2, -0.15) is 0 Å². The highest BCUT2D eigenvalue weighted by Gasteiger charge is 2.09. The van der Waals surface area contributed by atoms with Crippen molar-refractivity contribution in [3.63, 3.8) is 0 Å². The molecule has 104 valence electrons. The number of nitrogens with zero attached hydrogens (tertiary/aromatic N) is 1. The van der Waals surface area contributed by atoms with E-state index in [-0.39, 0.29) is 5.78 Å². The predicted octanol–water partition coefficient (Wildman–Crippen LogP) is 1.60. The first kappa shape index (κ1) is 15.6. The second-order valence-corrected chi connectivity index (χ2v) is 4.42. The number of ketones is 1. The molecule has 7 heteroatoms.